The number of rotatable bonds is 6. The molecule has 1 rings (SSSR count). The largest absolute Gasteiger partial charge is 0.493 e. The van der Waals surface area contributed by atoms with Gasteiger partial charge >= 0.3 is 0 Å². The van der Waals surface area contributed by atoms with Crippen molar-refractivity contribution in [2.45, 2.75) is 19.1 Å². The van der Waals surface area contributed by atoms with Crippen LogP contribution in [0.2, 0.25) is 0 Å². The molecule has 0 saturated carbocycles. The topological polar surface area (TPSA) is 76.4 Å². The number of hydrogen-bond donors (Lipinski definition) is 0. The highest BCUT2D eigenvalue weighted by Gasteiger charge is 2.16. The molecule has 19 heavy (non-hydrogen) atoms. The van der Waals surface area contributed by atoms with E-state index in [-0.39, 0.29) is 12.4 Å². The average Bonchev–Trinajstić information content (AvgIpc) is 2.38. The molecule has 6 heteroatoms. The van der Waals surface area contributed by atoms with E-state index in [0.29, 0.717) is 17.1 Å². The molecule has 5 nitrogen and oxygen atoms in total. The molecule has 0 aliphatic rings. The Bertz CT molecular complexity index is 573. The zero-order chi connectivity index (χ0) is 14.5. The Morgan fingerprint density at radius 1 is 1.32 bits per heavy atom. The summed E-state index contributed by atoms with van der Waals surface area (Å²) in [6.07, 6.45) is 0. The van der Waals surface area contributed by atoms with Crippen LogP contribution < -0.4 is 9.47 Å². The minimum absolute atomic E-state index is 0.0478. The summed E-state index contributed by atoms with van der Waals surface area (Å²) in [7, 11) is -1.65. The third-order valence-electron chi connectivity index (χ3n) is 2.64. The fraction of sp³-hybridized carbons (Fsp3) is 0.462. The van der Waals surface area contributed by atoms with Crippen LogP contribution in [-0.2, 0) is 9.84 Å². The van der Waals surface area contributed by atoms with Crippen molar-refractivity contribution in [1.82, 2.24) is 0 Å². The second kappa shape index (κ2) is 6.43. The summed E-state index contributed by atoms with van der Waals surface area (Å²) >= 11 is 0. The van der Waals surface area contributed by atoms with Gasteiger partial charge in [0.15, 0.2) is 21.3 Å². The summed E-state index contributed by atoms with van der Waals surface area (Å²) in [5, 5.41) is 8.35. The summed E-state index contributed by atoms with van der Waals surface area (Å²) < 4.78 is 33.7. The summed E-state index contributed by atoms with van der Waals surface area (Å²) in [6.45, 7) is 3.33. The first-order valence-corrected chi connectivity index (χ1v) is 7.54. The number of nitriles is 1. The summed E-state index contributed by atoms with van der Waals surface area (Å²) in [5.74, 6) is 0.801. The lowest BCUT2D eigenvalue weighted by Crippen LogP contribution is -2.22. The minimum Gasteiger partial charge on any atom is -0.493 e. The van der Waals surface area contributed by atoms with E-state index in [2.05, 4.69) is 0 Å². The fourth-order valence-corrected chi connectivity index (χ4v) is 2.15. The van der Waals surface area contributed by atoms with Crippen LogP contribution in [-0.4, -0.2) is 33.1 Å². The SMILES string of the molecule is COc1cc(C#N)ccc1OCCS(=O)(=O)C(C)C. The zero-order valence-corrected chi connectivity index (χ0v) is 12.0. The molecule has 0 fully saturated rings. The number of sulfone groups is 1. The van der Waals surface area contributed by atoms with E-state index in [1.807, 2.05) is 6.07 Å². The number of nitrogens with zero attached hydrogens (tertiary/aromatic N) is 1. The van der Waals surface area contributed by atoms with Gasteiger partial charge < -0.3 is 9.47 Å². The maximum atomic E-state index is 11.6. The van der Waals surface area contributed by atoms with E-state index in [4.69, 9.17) is 14.7 Å². The van der Waals surface area contributed by atoms with Gasteiger partial charge in [-0.05, 0) is 26.0 Å². The van der Waals surface area contributed by atoms with Gasteiger partial charge in [-0.2, -0.15) is 5.26 Å². The van der Waals surface area contributed by atoms with E-state index in [0.717, 1.165) is 0 Å². The molecule has 0 bridgehead atoms. The van der Waals surface area contributed by atoms with Crippen LogP contribution in [0.15, 0.2) is 18.2 Å². The van der Waals surface area contributed by atoms with E-state index in [1.54, 1.807) is 32.0 Å². The van der Waals surface area contributed by atoms with E-state index < -0.39 is 15.1 Å². The number of ether oxygens (including phenoxy) is 2. The van der Waals surface area contributed by atoms with Gasteiger partial charge in [0.2, 0.25) is 0 Å². The second-order valence-corrected chi connectivity index (χ2v) is 6.92. The zero-order valence-electron chi connectivity index (χ0n) is 11.2. The van der Waals surface area contributed by atoms with Gasteiger partial charge in [-0.15, -0.1) is 0 Å². The third-order valence-corrected chi connectivity index (χ3v) is 4.81. The van der Waals surface area contributed by atoms with Crippen LogP contribution in [0, 0.1) is 11.3 Å². The van der Waals surface area contributed by atoms with Crippen LogP contribution in [0.4, 0.5) is 0 Å². The first-order valence-electron chi connectivity index (χ1n) is 5.83. The predicted octanol–water partition coefficient (Wildman–Crippen LogP) is 1.77. The number of methoxy groups -OCH3 is 1. The Morgan fingerprint density at radius 3 is 2.53 bits per heavy atom. The van der Waals surface area contributed by atoms with E-state index in [9.17, 15) is 8.42 Å². The van der Waals surface area contributed by atoms with Crippen molar-refractivity contribution in [3.63, 3.8) is 0 Å². The van der Waals surface area contributed by atoms with Crippen molar-refractivity contribution in [1.29, 1.82) is 5.26 Å². The minimum atomic E-state index is -3.12. The molecular formula is C13H17NO4S. The molecule has 0 aromatic heterocycles. The predicted molar refractivity (Wildman–Crippen MR) is 72.1 cm³/mol. The second-order valence-electron chi connectivity index (χ2n) is 4.24. The molecule has 1 aromatic rings. The molecule has 0 aliphatic carbocycles. The molecule has 0 atom stereocenters. The summed E-state index contributed by atoms with van der Waals surface area (Å²) in [5.41, 5.74) is 0.457. The van der Waals surface area contributed by atoms with Crippen molar-refractivity contribution in [2.75, 3.05) is 19.5 Å². The molecule has 0 spiro atoms. The highest BCUT2D eigenvalue weighted by molar-refractivity contribution is 7.91. The maximum Gasteiger partial charge on any atom is 0.162 e. The average molecular weight is 283 g/mol. The lowest BCUT2D eigenvalue weighted by molar-refractivity contribution is 0.311. The summed E-state index contributed by atoms with van der Waals surface area (Å²) in [4.78, 5) is 0. The molecule has 0 saturated heterocycles. The lowest BCUT2D eigenvalue weighted by Gasteiger charge is -2.12. The fourth-order valence-electron chi connectivity index (χ4n) is 1.36. The smallest absolute Gasteiger partial charge is 0.162 e. The Labute approximate surface area is 113 Å². The van der Waals surface area contributed by atoms with Gasteiger partial charge in [0.05, 0.1) is 29.7 Å². The third kappa shape index (κ3) is 4.14. The van der Waals surface area contributed by atoms with E-state index >= 15 is 0 Å². The molecule has 1 aromatic carbocycles. The highest BCUT2D eigenvalue weighted by atomic mass is 32.2. The molecule has 104 valence electrons. The molecule has 0 heterocycles. The molecule has 0 amide bonds. The normalized spacial score (nSPS) is 11.1. The molecule has 0 radical (unpaired) electrons. The van der Waals surface area contributed by atoms with Gasteiger partial charge in [-0.25, -0.2) is 8.42 Å². The standard InChI is InChI=1S/C13H17NO4S/c1-10(2)19(15,16)7-6-18-12-5-4-11(9-14)8-13(12)17-3/h4-5,8,10H,6-7H2,1-3H3. The highest BCUT2D eigenvalue weighted by Crippen LogP contribution is 2.27. The Balaban J connectivity index is 2.72. The molecule has 0 unspecified atom stereocenters. The number of hydrogen-bond acceptors (Lipinski definition) is 5. The van der Waals surface area contributed by atoms with Gasteiger partial charge in [-0.1, -0.05) is 0 Å². The molecular weight excluding hydrogens is 266 g/mol. The van der Waals surface area contributed by atoms with Crippen LogP contribution in [0.5, 0.6) is 11.5 Å². The van der Waals surface area contributed by atoms with Gasteiger partial charge in [0.25, 0.3) is 0 Å². The van der Waals surface area contributed by atoms with Gasteiger partial charge in [0, 0.05) is 6.07 Å². The Hall–Kier alpha value is -1.74. The monoisotopic (exact) mass is 283 g/mol. The first kappa shape index (κ1) is 15.3. The van der Waals surface area contributed by atoms with Crippen LogP contribution in [0.3, 0.4) is 0 Å². The van der Waals surface area contributed by atoms with Crippen molar-refractivity contribution in [2.24, 2.45) is 0 Å². The Kier molecular flexibility index (Phi) is 5.19. The van der Waals surface area contributed by atoms with Gasteiger partial charge in [0.1, 0.15) is 6.61 Å². The first-order chi connectivity index (χ1) is 8.90. The van der Waals surface area contributed by atoms with Crippen molar-refractivity contribution < 1.29 is 17.9 Å². The van der Waals surface area contributed by atoms with Crippen LogP contribution in [0.1, 0.15) is 19.4 Å². The van der Waals surface area contributed by atoms with Gasteiger partial charge in [-0.3, -0.25) is 0 Å². The van der Waals surface area contributed by atoms with Crippen molar-refractivity contribution in [3.8, 4) is 17.6 Å². The lowest BCUT2D eigenvalue weighted by atomic mass is 10.2. The van der Waals surface area contributed by atoms with E-state index in [1.165, 1.54) is 7.11 Å². The van der Waals surface area contributed by atoms with Crippen LogP contribution >= 0.6 is 0 Å². The van der Waals surface area contributed by atoms with Crippen LogP contribution in [0.25, 0.3) is 0 Å². The molecule has 0 aliphatic heterocycles. The maximum absolute atomic E-state index is 11.6. The molecule has 0 N–H and O–H groups in total. The summed E-state index contributed by atoms with van der Waals surface area (Å²) in [6, 6.07) is 6.73. The quantitative estimate of drug-likeness (QED) is 0.795. The Morgan fingerprint density at radius 2 is 2.00 bits per heavy atom. The van der Waals surface area contributed by atoms with Crippen molar-refractivity contribution in [3.05, 3.63) is 23.8 Å². The number of benzene rings is 1. The van der Waals surface area contributed by atoms with Crippen molar-refractivity contribution >= 4 is 9.84 Å².